The van der Waals surface area contributed by atoms with Crippen LogP contribution in [0.25, 0.3) is 0 Å². The average Bonchev–Trinajstić information content (AvgIpc) is 4.36. The van der Waals surface area contributed by atoms with E-state index >= 15 is 4.79 Å². The lowest BCUT2D eigenvalue weighted by molar-refractivity contribution is -0.179. The van der Waals surface area contributed by atoms with E-state index in [0.29, 0.717) is 61.0 Å². The summed E-state index contributed by atoms with van der Waals surface area (Å²) in [5.41, 5.74) is -6.09. The van der Waals surface area contributed by atoms with Crippen molar-refractivity contribution >= 4 is 29.8 Å². The third kappa shape index (κ3) is 9.59. The van der Waals surface area contributed by atoms with E-state index in [1.807, 2.05) is 41.3 Å². The fourth-order valence-corrected chi connectivity index (χ4v) is 13.8. The molecule has 2 saturated heterocycles. The molecule has 0 radical (unpaired) electrons. The van der Waals surface area contributed by atoms with Crippen molar-refractivity contribution in [1.29, 1.82) is 0 Å². The summed E-state index contributed by atoms with van der Waals surface area (Å²) in [6.07, 6.45) is 1.89. The Hall–Kier alpha value is -6.13. The van der Waals surface area contributed by atoms with Gasteiger partial charge in [0.15, 0.2) is 46.4 Å². The van der Waals surface area contributed by atoms with E-state index in [0.717, 1.165) is 36.5 Å². The fraction of sp³-hybridized carbons (Fsp3) is 0.632. The van der Waals surface area contributed by atoms with Gasteiger partial charge in [-0.1, -0.05) is 0 Å². The minimum atomic E-state index is -2.42. The van der Waals surface area contributed by atoms with Crippen molar-refractivity contribution < 1.29 is 91.8 Å². The summed E-state index contributed by atoms with van der Waals surface area (Å²) in [4.78, 5) is 75.0. The lowest BCUT2D eigenvalue weighted by Crippen LogP contribution is -2.53. The number of methoxy groups -OCH3 is 4. The maximum atomic E-state index is 15.8. The summed E-state index contributed by atoms with van der Waals surface area (Å²) in [6, 6.07) is 7.15. The first-order valence-corrected chi connectivity index (χ1v) is 26.8. The molecule has 6 heterocycles. The molecule has 0 saturated carbocycles. The van der Waals surface area contributed by atoms with E-state index in [9.17, 15) is 39.6 Å². The van der Waals surface area contributed by atoms with Gasteiger partial charge in [0.25, 0.3) is 0 Å². The number of fused-ring (bicyclic) bond motifs is 6. The topological polar surface area (TPSA) is 265 Å². The predicted octanol–water partition coefficient (Wildman–Crippen LogP) is 3.91. The molecule has 10 unspecified atom stereocenters. The molecular weight excluding hydrogens is 1020 g/mol. The van der Waals surface area contributed by atoms with Crippen molar-refractivity contribution in [2.75, 3.05) is 55.1 Å². The standard InChI is InChI=1S/C57H72N2O19/c1-52(2,65)13-9-14-56(67,27-43(60)71-7)50(63)77-47-41(69-5)25-54-15-10-36(58(54)18-11-31-20-37-39(75-29-73-37)22-33(31)45(47)54)35-24-55-26-42(70-6)48(78-51(64)57(68,28-44(61)72-8)17-16-53(3,4)66)46(55)34-23-40-38(74-30-76-40)21-32(34)12-19-59(55)49(35)62/h20-23,25-26,35-36,45-48,65-68H,9-19,24,27-30H2,1-8H3. The van der Waals surface area contributed by atoms with Gasteiger partial charge in [-0.3, -0.25) is 19.3 Å². The van der Waals surface area contributed by atoms with Crippen LogP contribution in [0.5, 0.6) is 23.0 Å². The second-order valence-corrected chi connectivity index (χ2v) is 23.5. The van der Waals surface area contributed by atoms with Crippen molar-refractivity contribution in [2.24, 2.45) is 5.92 Å². The first-order chi connectivity index (χ1) is 36.9. The summed E-state index contributed by atoms with van der Waals surface area (Å²) >= 11 is 0. The lowest BCUT2D eigenvalue weighted by atomic mass is 9.75. The Balaban J connectivity index is 1.03. The number of carbonyl (C=O) groups excluding carboxylic acids is 5. The SMILES string of the molecule is COC(=O)CC(O)(CCC(C)(C)O)C(=O)OC1C(OC)=CC23CC(C4CCC56C=C(OC)C(OC(=O)C(O)(CCCC(C)(C)O)CC(=O)OC)C5c5cc7c(cc5CCN46)OCO7)C(=O)N2CCc2cc4c(cc2C13)OCO4. The molecule has 21 heteroatoms. The average molecular weight is 1090 g/mol. The van der Waals surface area contributed by atoms with E-state index in [2.05, 4.69) is 4.90 Å². The quantitative estimate of drug-likeness (QED) is 0.122. The van der Waals surface area contributed by atoms with Crippen LogP contribution in [0.3, 0.4) is 0 Å². The third-order valence-corrected chi connectivity index (χ3v) is 17.6. The maximum Gasteiger partial charge on any atom is 0.339 e. The van der Waals surface area contributed by atoms with Gasteiger partial charge in [-0.15, -0.1) is 0 Å². The smallest absolute Gasteiger partial charge is 0.339 e. The van der Waals surface area contributed by atoms with E-state index in [1.165, 1.54) is 28.1 Å². The molecule has 6 aliphatic heterocycles. The highest BCUT2D eigenvalue weighted by atomic mass is 16.7. The third-order valence-electron chi connectivity index (χ3n) is 17.6. The Kier molecular flexibility index (Phi) is 14.3. The molecule has 2 aromatic rings. The minimum absolute atomic E-state index is 0.00789. The van der Waals surface area contributed by atoms with Crippen LogP contribution in [0, 0.1) is 5.92 Å². The Labute approximate surface area is 452 Å². The van der Waals surface area contributed by atoms with Gasteiger partial charge < -0.3 is 72.7 Å². The zero-order chi connectivity index (χ0) is 55.9. The number of carbonyl (C=O) groups is 5. The number of rotatable bonds is 18. The largest absolute Gasteiger partial charge is 0.497 e. The van der Waals surface area contributed by atoms with Gasteiger partial charge in [-0.05, 0) is 151 Å². The van der Waals surface area contributed by atoms with E-state index < -0.39 is 106 Å². The summed E-state index contributed by atoms with van der Waals surface area (Å²) in [5.74, 6) is -3.63. The van der Waals surface area contributed by atoms with E-state index in [1.54, 1.807) is 13.8 Å². The van der Waals surface area contributed by atoms with Crippen LogP contribution in [0.1, 0.15) is 126 Å². The number of benzene rings is 2. The molecule has 8 aliphatic rings. The molecule has 4 N–H and O–H groups in total. The van der Waals surface area contributed by atoms with E-state index in [4.69, 9.17) is 47.4 Å². The Bertz CT molecular complexity index is 2820. The molecule has 21 nitrogen and oxygen atoms in total. The summed E-state index contributed by atoms with van der Waals surface area (Å²) in [7, 11) is 5.23. The molecule has 1 amide bonds. The van der Waals surface area contributed by atoms with Crippen LogP contribution >= 0.6 is 0 Å². The zero-order valence-corrected chi connectivity index (χ0v) is 45.5. The number of hydrogen-bond acceptors (Lipinski definition) is 20. The van der Waals surface area contributed by atoms with Crippen molar-refractivity contribution in [3.05, 3.63) is 70.2 Å². The van der Waals surface area contributed by atoms with Crippen LogP contribution in [0.2, 0.25) is 0 Å². The molecule has 2 aliphatic carbocycles. The fourth-order valence-electron chi connectivity index (χ4n) is 13.8. The second kappa shape index (κ2) is 20.2. The van der Waals surface area contributed by atoms with Crippen molar-refractivity contribution in [2.45, 2.75) is 168 Å². The maximum absolute atomic E-state index is 15.8. The zero-order valence-electron chi connectivity index (χ0n) is 45.5. The molecule has 10 rings (SSSR count). The molecule has 0 aromatic heterocycles. The number of aliphatic hydroxyl groups is 4. The Morgan fingerprint density at radius 1 is 0.641 bits per heavy atom. The van der Waals surface area contributed by atoms with Gasteiger partial charge >= 0.3 is 23.9 Å². The highest BCUT2D eigenvalue weighted by Crippen LogP contribution is 2.62. The summed E-state index contributed by atoms with van der Waals surface area (Å²) in [6.45, 7) is 6.99. The molecule has 2 fully saturated rings. The van der Waals surface area contributed by atoms with Crippen LogP contribution < -0.4 is 18.9 Å². The Morgan fingerprint density at radius 3 is 1.62 bits per heavy atom. The second-order valence-electron chi connectivity index (χ2n) is 23.5. The van der Waals surface area contributed by atoms with Gasteiger partial charge in [0.05, 0.1) is 81.3 Å². The number of hydrogen-bond donors (Lipinski definition) is 4. The monoisotopic (exact) mass is 1090 g/mol. The molecule has 0 bridgehead atoms. The van der Waals surface area contributed by atoms with Gasteiger partial charge in [-0.2, -0.15) is 0 Å². The van der Waals surface area contributed by atoms with Crippen LogP contribution in [-0.4, -0.2) is 167 Å². The van der Waals surface area contributed by atoms with Crippen LogP contribution in [0.15, 0.2) is 47.9 Å². The number of amides is 1. The summed E-state index contributed by atoms with van der Waals surface area (Å²) in [5, 5.41) is 45.4. The predicted molar refractivity (Wildman–Crippen MR) is 272 cm³/mol. The minimum Gasteiger partial charge on any atom is -0.497 e. The highest BCUT2D eigenvalue weighted by molar-refractivity contribution is 5.88. The van der Waals surface area contributed by atoms with Gasteiger partial charge in [0, 0.05) is 19.1 Å². The van der Waals surface area contributed by atoms with Crippen LogP contribution in [-0.2, 0) is 65.2 Å². The normalized spacial score (nSPS) is 28.9. The number of nitrogens with zero attached hydrogens (tertiary/aromatic N) is 2. The van der Waals surface area contributed by atoms with Crippen molar-refractivity contribution in [3.63, 3.8) is 0 Å². The number of esters is 4. The van der Waals surface area contributed by atoms with Gasteiger partial charge in [0.1, 0.15) is 11.5 Å². The molecule has 78 heavy (non-hydrogen) atoms. The van der Waals surface area contributed by atoms with Crippen LogP contribution in [0.4, 0.5) is 0 Å². The van der Waals surface area contributed by atoms with Gasteiger partial charge in [0.2, 0.25) is 19.5 Å². The highest BCUT2D eigenvalue weighted by Gasteiger charge is 2.68. The molecule has 2 aromatic carbocycles. The van der Waals surface area contributed by atoms with Gasteiger partial charge in [-0.25, -0.2) is 9.59 Å². The molecule has 10 atom stereocenters. The first-order valence-electron chi connectivity index (χ1n) is 26.8. The number of ether oxygens (including phenoxy) is 10. The lowest BCUT2D eigenvalue weighted by Gasteiger charge is -2.42. The molecular formula is C57H72N2O19. The molecule has 2 spiro atoms. The first kappa shape index (κ1) is 55.2. The van der Waals surface area contributed by atoms with E-state index in [-0.39, 0.29) is 70.3 Å². The Morgan fingerprint density at radius 2 is 1.12 bits per heavy atom. The van der Waals surface area contributed by atoms with Crippen molar-refractivity contribution in [1.82, 2.24) is 9.80 Å². The van der Waals surface area contributed by atoms with Crippen molar-refractivity contribution in [3.8, 4) is 23.0 Å². The summed E-state index contributed by atoms with van der Waals surface area (Å²) < 4.78 is 58.6. The molecule has 424 valence electrons.